The number of nitrogens with zero attached hydrogens (tertiary/aromatic N) is 2. The molecule has 2 aromatic rings. The Morgan fingerprint density at radius 2 is 2.29 bits per heavy atom. The zero-order chi connectivity index (χ0) is 11.7. The topological polar surface area (TPSA) is 28.2 Å². The average Bonchev–Trinajstić information content (AvgIpc) is 2.91. The van der Waals surface area contributed by atoms with E-state index in [0.29, 0.717) is 6.04 Å². The monoisotopic (exact) mass is 227 g/mol. The molecule has 0 unspecified atom stereocenters. The smallest absolute Gasteiger partial charge is 0.0722 e. The second kappa shape index (κ2) is 4.34. The Morgan fingerprint density at radius 3 is 3.12 bits per heavy atom. The number of fused-ring (bicyclic) bond motifs is 1. The Labute approximate surface area is 101 Å². The summed E-state index contributed by atoms with van der Waals surface area (Å²) < 4.78 is 0. The summed E-state index contributed by atoms with van der Waals surface area (Å²) in [6.07, 6.45) is 3.07. The predicted molar refractivity (Wildman–Crippen MR) is 71.4 cm³/mol. The van der Waals surface area contributed by atoms with E-state index in [1.165, 1.54) is 17.5 Å². The van der Waals surface area contributed by atoms with Crippen molar-refractivity contribution in [1.82, 2.24) is 10.3 Å². The van der Waals surface area contributed by atoms with Gasteiger partial charge in [0, 0.05) is 36.9 Å². The van der Waals surface area contributed by atoms with Gasteiger partial charge in [0.1, 0.15) is 0 Å². The van der Waals surface area contributed by atoms with Gasteiger partial charge in [-0.1, -0.05) is 12.1 Å². The van der Waals surface area contributed by atoms with Gasteiger partial charge >= 0.3 is 0 Å². The Hall–Kier alpha value is -1.61. The minimum Gasteiger partial charge on any atom is -0.370 e. The Bertz CT molecular complexity index is 518. The van der Waals surface area contributed by atoms with E-state index in [2.05, 4.69) is 46.5 Å². The van der Waals surface area contributed by atoms with Gasteiger partial charge in [-0.2, -0.15) is 0 Å². The van der Waals surface area contributed by atoms with Crippen LogP contribution < -0.4 is 10.2 Å². The van der Waals surface area contributed by atoms with Crippen molar-refractivity contribution in [2.24, 2.45) is 0 Å². The molecule has 0 saturated carbocycles. The number of hydrogen-bond acceptors (Lipinski definition) is 3. The highest BCUT2D eigenvalue weighted by atomic mass is 15.2. The molecule has 1 aromatic heterocycles. The van der Waals surface area contributed by atoms with Crippen molar-refractivity contribution < 1.29 is 0 Å². The minimum absolute atomic E-state index is 0.608. The highest BCUT2D eigenvalue weighted by Crippen LogP contribution is 2.22. The van der Waals surface area contributed by atoms with E-state index in [4.69, 9.17) is 0 Å². The van der Waals surface area contributed by atoms with Crippen molar-refractivity contribution in [2.75, 3.05) is 25.0 Å². The van der Waals surface area contributed by atoms with Crippen LogP contribution in [-0.2, 0) is 0 Å². The van der Waals surface area contributed by atoms with Gasteiger partial charge in [0.15, 0.2) is 0 Å². The molecule has 0 aliphatic carbocycles. The summed E-state index contributed by atoms with van der Waals surface area (Å²) in [5.41, 5.74) is 2.33. The minimum atomic E-state index is 0.608. The molecule has 17 heavy (non-hydrogen) atoms. The fourth-order valence-electron chi connectivity index (χ4n) is 2.46. The van der Waals surface area contributed by atoms with Gasteiger partial charge < -0.3 is 10.2 Å². The third-order valence-electron chi connectivity index (χ3n) is 3.58. The van der Waals surface area contributed by atoms with E-state index in [0.717, 1.165) is 18.6 Å². The van der Waals surface area contributed by atoms with E-state index in [9.17, 15) is 0 Å². The maximum atomic E-state index is 4.41. The first-order valence-electron chi connectivity index (χ1n) is 6.13. The van der Waals surface area contributed by atoms with Gasteiger partial charge in [0.2, 0.25) is 0 Å². The van der Waals surface area contributed by atoms with E-state index in [-0.39, 0.29) is 0 Å². The van der Waals surface area contributed by atoms with E-state index >= 15 is 0 Å². The van der Waals surface area contributed by atoms with Gasteiger partial charge in [-0.15, -0.1) is 0 Å². The molecule has 88 valence electrons. The number of rotatable bonds is 2. The first-order valence-corrected chi connectivity index (χ1v) is 6.13. The maximum Gasteiger partial charge on any atom is 0.0722 e. The summed E-state index contributed by atoms with van der Waals surface area (Å²) in [7, 11) is 2.17. The quantitative estimate of drug-likeness (QED) is 0.851. The third-order valence-corrected chi connectivity index (χ3v) is 3.58. The van der Waals surface area contributed by atoms with E-state index in [1.807, 2.05) is 12.3 Å². The van der Waals surface area contributed by atoms with E-state index in [1.54, 1.807) is 0 Å². The highest BCUT2D eigenvalue weighted by molar-refractivity contribution is 5.82. The first kappa shape index (κ1) is 10.5. The Kier molecular flexibility index (Phi) is 2.69. The number of nitrogens with one attached hydrogen (secondary N) is 1. The molecule has 1 fully saturated rings. The lowest BCUT2D eigenvalue weighted by Crippen LogP contribution is -2.33. The van der Waals surface area contributed by atoms with Crippen LogP contribution in [0.5, 0.6) is 0 Å². The summed E-state index contributed by atoms with van der Waals surface area (Å²) in [6.45, 7) is 2.21. The summed E-state index contributed by atoms with van der Waals surface area (Å²) in [4.78, 5) is 6.76. The zero-order valence-electron chi connectivity index (χ0n) is 10.1. The van der Waals surface area contributed by atoms with Crippen LogP contribution in [0, 0.1) is 0 Å². The molecule has 3 rings (SSSR count). The van der Waals surface area contributed by atoms with Crippen molar-refractivity contribution in [3.63, 3.8) is 0 Å². The molecule has 1 saturated heterocycles. The van der Waals surface area contributed by atoms with Crippen molar-refractivity contribution >= 4 is 16.6 Å². The van der Waals surface area contributed by atoms with Crippen LogP contribution in [0.15, 0.2) is 36.5 Å². The normalized spacial score (nSPS) is 19.7. The highest BCUT2D eigenvalue weighted by Gasteiger charge is 2.19. The second-order valence-electron chi connectivity index (χ2n) is 4.64. The molecule has 3 heteroatoms. The number of hydrogen-bond donors (Lipinski definition) is 1. The van der Waals surface area contributed by atoms with Crippen molar-refractivity contribution in [3.05, 3.63) is 36.5 Å². The van der Waals surface area contributed by atoms with Crippen molar-refractivity contribution in [2.45, 2.75) is 12.5 Å². The number of pyridine rings is 1. The van der Waals surface area contributed by atoms with E-state index < -0.39 is 0 Å². The SMILES string of the molecule is CN(c1ccc2cccnc2c1)[C@H]1CCNC1. The van der Waals surface area contributed by atoms with Crippen LogP contribution in [-0.4, -0.2) is 31.2 Å². The lowest BCUT2D eigenvalue weighted by molar-refractivity contribution is 0.686. The van der Waals surface area contributed by atoms with Crippen LogP contribution in [0.3, 0.4) is 0 Å². The molecule has 0 amide bonds. The van der Waals surface area contributed by atoms with Crippen molar-refractivity contribution in [1.29, 1.82) is 0 Å². The molecule has 0 bridgehead atoms. The molecular formula is C14H17N3. The predicted octanol–water partition coefficient (Wildman–Crippen LogP) is 2.03. The number of benzene rings is 1. The summed E-state index contributed by atoms with van der Waals surface area (Å²) >= 11 is 0. The van der Waals surface area contributed by atoms with Crippen LogP contribution in [0.25, 0.3) is 10.9 Å². The first-order chi connectivity index (χ1) is 8.34. The molecule has 1 aliphatic heterocycles. The van der Waals surface area contributed by atoms with Gasteiger partial charge in [-0.05, 0) is 31.2 Å². The molecule has 1 aromatic carbocycles. The van der Waals surface area contributed by atoms with Gasteiger partial charge in [0.05, 0.1) is 5.52 Å². The van der Waals surface area contributed by atoms with Crippen molar-refractivity contribution in [3.8, 4) is 0 Å². The summed E-state index contributed by atoms with van der Waals surface area (Å²) in [6, 6.07) is 11.2. The summed E-state index contributed by atoms with van der Waals surface area (Å²) in [5, 5.41) is 4.61. The maximum absolute atomic E-state index is 4.41. The summed E-state index contributed by atoms with van der Waals surface area (Å²) in [5.74, 6) is 0. The second-order valence-corrected chi connectivity index (χ2v) is 4.64. The standard InChI is InChI=1S/C14H17N3/c1-17(13-6-8-15-10-13)12-5-4-11-3-2-7-16-14(11)9-12/h2-5,7,9,13,15H,6,8,10H2,1H3/t13-/m0/s1. The fraction of sp³-hybridized carbons (Fsp3) is 0.357. The molecule has 0 radical (unpaired) electrons. The lowest BCUT2D eigenvalue weighted by Gasteiger charge is -2.26. The molecular weight excluding hydrogens is 210 g/mol. The van der Waals surface area contributed by atoms with Crippen LogP contribution in [0.1, 0.15) is 6.42 Å². The third kappa shape index (κ3) is 1.98. The molecule has 2 heterocycles. The van der Waals surface area contributed by atoms with Gasteiger partial charge in [0.25, 0.3) is 0 Å². The molecule has 3 nitrogen and oxygen atoms in total. The van der Waals surface area contributed by atoms with Crippen LogP contribution >= 0.6 is 0 Å². The number of likely N-dealkylation sites (N-methyl/N-ethyl adjacent to an activating group) is 1. The average molecular weight is 227 g/mol. The lowest BCUT2D eigenvalue weighted by atomic mass is 10.1. The fourth-order valence-corrected chi connectivity index (χ4v) is 2.46. The Balaban J connectivity index is 1.94. The van der Waals surface area contributed by atoms with Crippen LogP contribution in [0.2, 0.25) is 0 Å². The zero-order valence-corrected chi connectivity index (χ0v) is 10.1. The van der Waals surface area contributed by atoms with Gasteiger partial charge in [-0.3, -0.25) is 4.98 Å². The molecule has 1 atom stereocenters. The number of anilines is 1. The number of aromatic nitrogens is 1. The van der Waals surface area contributed by atoms with Gasteiger partial charge in [-0.25, -0.2) is 0 Å². The molecule has 0 spiro atoms. The Morgan fingerprint density at radius 1 is 1.35 bits per heavy atom. The molecule has 1 N–H and O–H groups in total. The van der Waals surface area contributed by atoms with Crippen LogP contribution in [0.4, 0.5) is 5.69 Å². The molecule has 1 aliphatic rings. The largest absolute Gasteiger partial charge is 0.370 e.